The van der Waals surface area contributed by atoms with Crippen LogP contribution in [-0.4, -0.2) is 10.9 Å². The summed E-state index contributed by atoms with van der Waals surface area (Å²) in [6, 6.07) is 8.01. The number of carbonyl (C=O) groups is 1. The molecule has 2 aromatic rings. The minimum atomic E-state index is -0.223. The van der Waals surface area contributed by atoms with Gasteiger partial charge in [-0.25, -0.2) is 0 Å². The summed E-state index contributed by atoms with van der Waals surface area (Å²) in [6.07, 6.45) is 6.89. The van der Waals surface area contributed by atoms with Crippen LogP contribution in [0.3, 0.4) is 0 Å². The van der Waals surface area contributed by atoms with Gasteiger partial charge in [0.1, 0.15) is 0 Å². The lowest BCUT2D eigenvalue weighted by molar-refractivity contribution is -0.117. The fourth-order valence-electron chi connectivity index (χ4n) is 2.71. The first-order valence-corrected chi connectivity index (χ1v) is 7.96. The Morgan fingerprint density at radius 3 is 2.81 bits per heavy atom. The van der Waals surface area contributed by atoms with Gasteiger partial charge in [-0.05, 0) is 77.0 Å². The Morgan fingerprint density at radius 2 is 2.10 bits per heavy atom. The predicted octanol–water partition coefficient (Wildman–Crippen LogP) is 4.08. The number of aromatic nitrogens is 1. The Labute approximate surface area is 132 Å². The zero-order valence-electron chi connectivity index (χ0n) is 11.9. The monoisotopic (exact) mass is 344 g/mol. The van der Waals surface area contributed by atoms with E-state index in [0.717, 1.165) is 28.6 Å². The Kier molecular flexibility index (Phi) is 4.06. The van der Waals surface area contributed by atoms with Crippen LogP contribution in [0.15, 0.2) is 41.1 Å². The van der Waals surface area contributed by atoms with E-state index < -0.39 is 0 Å². The van der Waals surface area contributed by atoms with Crippen LogP contribution in [-0.2, 0) is 17.6 Å². The van der Waals surface area contributed by atoms with Gasteiger partial charge in [-0.3, -0.25) is 9.78 Å². The van der Waals surface area contributed by atoms with Gasteiger partial charge in [0.05, 0.1) is 11.6 Å². The Hall–Kier alpha value is -1.68. The maximum absolute atomic E-state index is 12.4. The van der Waals surface area contributed by atoms with Crippen LogP contribution in [0.4, 0.5) is 5.69 Å². The highest BCUT2D eigenvalue weighted by Gasteiger charge is 2.19. The van der Waals surface area contributed by atoms with Crippen LogP contribution < -0.4 is 5.32 Å². The Balaban J connectivity index is 1.79. The van der Waals surface area contributed by atoms with E-state index in [1.807, 2.05) is 19.1 Å². The van der Waals surface area contributed by atoms with Crippen molar-refractivity contribution in [2.45, 2.75) is 32.1 Å². The molecule has 0 unspecified atom stereocenters. The molecule has 0 bridgehead atoms. The van der Waals surface area contributed by atoms with Crippen molar-refractivity contribution in [2.24, 2.45) is 0 Å². The molecule has 0 saturated heterocycles. The van der Waals surface area contributed by atoms with Gasteiger partial charge in [-0.15, -0.1) is 0 Å². The third-order valence-corrected chi connectivity index (χ3v) is 4.67. The van der Waals surface area contributed by atoms with Crippen molar-refractivity contribution in [3.8, 4) is 0 Å². The molecule has 1 aromatic carbocycles. The van der Waals surface area contributed by atoms with Crippen LogP contribution in [0, 0.1) is 0 Å². The molecule has 1 heterocycles. The SMILES string of the molecule is C[C@@H](C(=O)Nc1cc2c(cc1Br)CCC2)c1cccnc1. The van der Waals surface area contributed by atoms with Crippen molar-refractivity contribution in [3.63, 3.8) is 0 Å². The van der Waals surface area contributed by atoms with Crippen LogP contribution in [0.2, 0.25) is 0 Å². The summed E-state index contributed by atoms with van der Waals surface area (Å²) in [5, 5.41) is 3.02. The van der Waals surface area contributed by atoms with Crippen LogP contribution in [0.5, 0.6) is 0 Å². The average Bonchev–Trinajstić information content (AvgIpc) is 2.94. The quantitative estimate of drug-likeness (QED) is 0.911. The number of aryl methyl sites for hydroxylation is 2. The predicted molar refractivity (Wildman–Crippen MR) is 87.4 cm³/mol. The van der Waals surface area contributed by atoms with Crippen molar-refractivity contribution in [2.75, 3.05) is 5.32 Å². The fraction of sp³-hybridized carbons (Fsp3) is 0.294. The minimum absolute atomic E-state index is 0.0124. The third kappa shape index (κ3) is 3.00. The van der Waals surface area contributed by atoms with Gasteiger partial charge in [0.25, 0.3) is 0 Å². The van der Waals surface area contributed by atoms with E-state index in [1.165, 1.54) is 17.5 Å². The highest BCUT2D eigenvalue weighted by molar-refractivity contribution is 9.10. The zero-order chi connectivity index (χ0) is 14.8. The second-order valence-electron chi connectivity index (χ2n) is 5.45. The van der Waals surface area contributed by atoms with Crippen molar-refractivity contribution < 1.29 is 4.79 Å². The van der Waals surface area contributed by atoms with Crippen molar-refractivity contribution in [1.82, 2.24) is 4.98 Å². The number of rotatable bonds is 3. The number of hydrogen-bond acceptors (Lipinski definition) is 2. The molecule has 0 fully saturated rings. The molecule has 21 heavy (non-hydrogen) atoms. The molecular formula is C17H17BrN2O. The number of hydrogen-bond donors (Lipinski definition) is 1. The number of halogens is 1. The average molecular weight is 345 g/mol. The number of nitrogens with zero attached hydrogens (tertiary/aromatic N) is 1. The molecule has 1 amide bonds. The molecule has 1 aliphatic rings. The molecule has 0 saturated carbocycles. The van der Waals surface area contributed by atoms with E-state index in [-0.39, 0.29) is 11.8 Å². The molecular weight excluding hydrogens is 328 g/mol. The summed E-state index contributed by atoms with van der Waals surface area (Å²) < 4.78 is 0.954. The van der Waals surface area contributed by atoms with Gasteiger partial charge in [-0.2, -0.15) is 0 Å². The molecule has 0 aliphatic heterocycles. The molecule has 1 N–H and O–H groups in total. The molecule has 1 aliphatic carbocycles. The molecule has 3 rings (SSSR count). The van der Waals surface area contributed by atoms with E-state index >= 15 is 0 Å². The molecule has 1 atom stereocenters. The van der Waals surface area contributed by atoms with E-state index in [1.54, 1.807) is 12.4 Å². The van der Waals surface area contributed by atoms with Crippen molar-refractivity contribution in [1.29, 1.82) is 0 Å². The van der Waals surface area contributed by atoms with E-state index in [4.69, 9.17) is 0 Å². The number of pyridine rings is 1. The smallest absolute Gasteiger partial charge is 0.231 e. The summed E-state index contributed by atoms with van der Waals surface area (Å²) in [6.45, 7) is 1.90. The van der Waals surface area contributed by atoms with E-state index in [0.29, 0.717) is 0 Å². The summed E-state index contributed by atoms with van der Waals surface area (Å²) >= 11 is 3.56. The number of anilines is 1. The van der Waals surface area contributed by atoms with Crippen LogP contribution >= 0.6 is 15.9 Å². The van der Waals surface area contributed by atoms with Gasteiger partial charge in [-0.1, -0.05) is 6.07 Å². The standard InChI is InChI=1S/C17H17BrN2O/c1-11(14-6-3-7-19-10-14)17(21)20-16-9-13-5-2-4-12(13)8-15(16)18/h3,6-11H,2,4-5H2,1H3,(H,20,21)/t11-/m1/s1. The van der Waals surface area contributed by atoms with Crippen molar-refractivity contribution in [3.05, 3.63) is 57.8 Å². The fourth-order valence-corrected chi connectivity index (χ4v) is 3.20. The van der Waals surface area contributed by atoms with E-state index in [9.17, 15) is 4.79 Å². The van der Waals surface area contributed by atoms with Gasteiger partial charge in [0.15, 0.2) is 0 Å². The lowest BCUT2D eigenvalue weighted by atomic mass is 10.0. The first-order chi connectivity index (χ1) is 10.1. The second kappa shape index (κ2) is 5.98. The maximum Gasteiger partial charge on any atom is 0.231 e. The third-order valence-electron chi connectivity index (χ3n) is 4.02. The number of fused-ring (bicyclic) bond motifs is 1. The summed E-state index contributed by atoms with van der Waals surface area (Å²) in [4.78, 5) is 16.5. The largest absolute Gasteiger partial charge is 0.325 e. The highest BCUT2D eigenvalue weighted by Crippen LogP contribution is 2.32. The number of amides is 1. The number of carbonyl (C=O) groups excluding carboxylic acids is 1. The molecule has 1 aromatic heterocycles. The number of nitrogens with one attached hydrogen (secondary N) is 1. The summed E-state index contributed by atoms with van der Waals surface area (Å²) in [5.41, 5.74) is 4.52. The zero-order valence-corrected chi connectivity index (χ0v) is 13.5. The lowest BCUT2D eigenvalue weighted by Gasteiger charge is -2.14. The molecule has 0 spiro atoms. The first kappa shape index (κ1) is 14.3. The van der Waals surface area contributed by atoms with Gasteiger partial charge in [0.2, 0.25) is 5.91 Å². The van der Waals surface area contributed by atoms with Crippen LogP contribution in [0.1, 0.15) is 36.0 Å². The lowest BCUT2D eigenvalue weighted by Crippen LogP contribution is -2.19. The minimum Gasteiger partial charge on any atom is -0.325 e. The molecule has 108 valence electrons. The first-order valence-electron chi connectivity index (χ1n) is 7.17. The summed E-state index contributed by atoms with van der Waals surface area (Å²) in [7, 11) is 0. The summed E-state index contributed by atoms with van der Waals surface area (Å²) in [5.74, 6) is -0.236. The highest BCUT2D eigenvalue weighted by atomic mass is 79.9. The van der Waals surface area contributed by atoms with E-state index in [2.05, 4.69) is 38.4 Å². The van der Waals surface area contributed by atoms with Gasteiger partial charge >= 0.3 is 0 Å². The number of benzene rings is 1. The van der Waals surface area contributed by atoms with Crippen molar-refractivity contribution >= 4 is 27.5 Å². The topological polar surface area (TPSA) is 42.0 Å². The molecule has 3 nitrogen and oxygen atoms in total. The Bertz CT molecular complexity index is 670. The molecule has 4 heteroatoms. The second-order valence-corrected chi connectivity index (χ2v) is 6.31. The van der Waals surface area contributed by atoms with Gasteiger partial charge < -0.3 is 5.32 Å². The van der Waals surface area contributed by atoms with Gasteiger partial charge in [0, 0.05) is 16.9 Å². The molecule has 0 radical (unpaired) electrons. The Morgan fingerprint density at radius 1 is 1.33 bits per heavy atom. The maximum atomic E-state index is 12.4. The normalized spacial score (nSPS) is 14.6. The van der Waals surface area contributed by atoms with Crippen LogP contribution in [0.25, 0.3) is 0 Å².